The number of carbonyl (C=O) groups excluding carboxylic acids is 1. The van der Waals surface area contributed by atoms with Gasteiger partial charge in [0.05, 0.1) is 0 Å². The SMILES string of the molecule is NC1CCCc2ccc(NC(=O)c3cc4ccccc4[nH]c3=O)cc21. The van der Waals surface area contributed by atoms with E-state index in [4.69, 9.17) is 5.73 Å². The normalized spacial score (nSPS) is 16.4. The van der Waals surface area contributed by atoms with Crippen LogP contribution in [0.25, 0.3) is 10.9 Å². The number of nitrogens with one attached hydrogen (secondary N) is 2. The Kier molecular flexibility index (Phi) is 3.86. The van der Waals surface area contributed by atoms with Crippen molar-refractivity contribution < 1.29 is 4.79 Å². The van der Waals surface area contributed by atoms with Gasteiger partial charge in [0, 0.05) is 17.2 Å². The lowest BCUT2D eigenvalue weighted by atomic mass is 9.88. The molecule has 4 rings (SSSR count). The first-order chi connectivity index (χ1) is 12.1. The summed E-state index contributed by atoms with van der Waals surface area (Å²) in [7, 11) is 0. The quantitative estimate of drug-likeness (QED) is 0.673. The zero-order valence-electron chi connectivity index (χ0n) is 13.7. The Hall–Kier alpha value is -2.92. The van der Waals surface area contributed by atoms with Crippen LogP contribution in [0.1, 0.15) is 40.4 Å². The third-order valence-corrected chi connectivity index (χ3v) is 4.76. The minimum absolute atomic E-state index is 0.00433. The van der Waals surface area contributed by atoms with Gasteiger partial charge in [0.2, 0.25) is 0 Å². The molecule has 1 aliphatic rings. The van der Waals surface area contributed by atoms with E-state index >= 15 is 0 Å². The second-order valence-electron chi connectivity index (χ2n) is 6.47. The predicted octanol–water partition coefficient (Wildman–Crippen LogP) is 3.12. The van der Waals surface area contributed by atoms with Crippen LogP contribution in [0.5, 0.6) is 0 Å². The molecule has 3 aromatic rings. The van der Waals surface area contributed by atoms with Crippen LogP contribution in [-0.2, 0) is 6.42 Å². The number of nitrogens with two attached hydrogens (primary N) is 1. The Balaban J connectivity index is 1.65. The zero-order chi connectivity index (χ0) is 17.4. The number of fused-ring (bicyclic) bond motifs is 2. The molecule has 0 spiro atoms. The number of aromatic amines is 1. The molecule has 0 bridgehead atoms. The van der Waals surface area contributed by atoms with Gasteiger partial charge in [0.25, 0.3) is 11.5 Å². The van der Waals surface area contributed by atoms with Gasteiger partial charge in [-0.2, -0.15) is 0 Å². The summed E-state index contributed by atoms with van der Waals surface area (Å²) in [6.45, 7) is 0. The fourth-order valence-corrected chi connectivity index (χ4v) is 3.43. The lowest BCUT2D eigenvalue weighted by Gasteiger charge is -2.22. The highest BCUT2D eigenvalue weighted by Gasteiger charge is 2.18. The molecule has 1 unspecified atom stereocenters. The number of rotatable bonds is 2. The van der Waals surface area contributed by atoms with E-state index in [0.29, 0.717) is 11.2 Å². The summed E-state index contributed by atoms with van der Waals surface area (Å²) >= 11 is 0. The maximum atomic E-state index is 12.6. The van der Waals surface area contributed by atoms with Gasteiger partial charge >= 0.3 is 0 Å². The molecule has 5 heteroatoms. The molecule has 4 N–H and O–H groups in total. The number of amides is 1. The Bertz CT molecular complexity index is 1020. The summed E-state index contributed by atoms with van der Waals surface area (Å²) in [4.78, 5) is 27.5. The fraction of sp³-hybridized carbons (Fsp3) is 0.200. The molecule has 0 fully saturated rings. The molecule has 1 heterocycles. The largest absolute Gasteiger partial charge is 0.324 e. The van der Waals surface area contributed by atoms with E-state index in [1.165, 1.54) is 5.56 Å². The molecule has 0 saturated carbocycles. The summed E-state index contributed by atoms with van der Waals surface area (Å²) in [5.41, 5.74) is 9.57. The summed E-state index contributed by atoms with van der Waals surface area (Å²) in [5.74, 6) is -0.420. The van der Waals surface area contributed by atoms with E-state index in [-0.39, 0.29) is 11.6 Å². The molecule has 1 atom stereocenters. The van der Waals surface area contributed by atoms with Crippen LogP contribution in [0.15, 0.2) is 53.3 Å². The smallest absolute Gasteiger partial charge is 0.261 e. The molecular formula is C20H19N3O2. The number of aromatic nitrogens is 1. The number of aryl methyl sites for hydroxylation is 1. The molecule has 1 aliphatic carbocycles. The average molecular weight is 333 g/mol. The molecule has 0 aliphatic heterocycles. The van der Waals surface area contributed by atoms with Gasteiger partial charge in [-0.15, -0.1) is 0 Å². The van der Waals surface area contributed by atoms with Crippen molar-refractivity contribution in [3.63, 3.8) is 0 Å². The monoisotopic (exact) mass is 333 g/mol. The van der Waals surface area contributed by atoms with Crippen molar-refractivity contribution in [1.29, 1.82) is 0 Å². The van der Waals surface area contributed by atoms with Gasteiger partial charge in [-0.1, -0.05) is 24.3 Å². The molecule has 126 valence electrons. The van der Waals surface area contributed by atoms with Crippen LogP contribution in [0.3, 0.4) is 0 Å². The Morgan fingerprint density at radius 1 is 1.16 bits per heavy atom. The molecule has 25 heavy (non-hydrogen) atoms. The number of H-pyrrole nitrogens is 1. The van der Waals surface area contributed by atoms with Crippen molar-refractivity contribution in [3.05, 3.63) is 75.6 Å². The number of hydrogen-bond donors (Lipinski definition) is 3. The van der Waals surface area contributed by atoms with Crippen LogP contribution in [-0.4, -0.2) is 10.9 Å². The van der Waals surface area contributed by atoms with Crippen LogP contribution >= 0.6 is 0 Å². The van der Waals surface area contributed by atoms with Crippen molar-refractivity contribution in [2.45, 2.75) is 25.3 Å². The first kappa shape index (κ1) is 15.6. The Morgan fingerprint density at radius 2 is 2.00 bits per heavy atom. The van der Waals surface area contributed by atoms with E-state index in [0.717, 1.165) is 30.2 Å². The molecule has 1 amide bonds. The van der Waals surface area contributed by atoms with Crippen LogP contribution in [0.4, 0.5) is 5.69 Å². The standard InChI is InChI=1S/C20H19N3O2/c21-17-6-3-5-12-8-9-14(11-15(12)17)22-19(24)16-10-13-4-1-2-7-18(13)23-20(16)25/h1-2,4,7-11,17H,3,5-6,21H2,(H,22,24)(H,23,25). The third kappa shape index (κ3) is 2.94. The van der Waals surface area contributed by atoms with Crippen LogP contribution < -0.4 is 16.6 Å². The molecule has 0 radical (unpaired) electrons. The van der Waals surface area contributed by atoms with Crippen molar-refractivity contribution in [2.24, 2.45) is 5.73 Å². The van der Waals surface area contributed by atoms with Gasteiger partial charge in [-0.3, -0.25) is 9.59 Å². The Labute approximate surface area is 144 Å². The second kappa shape index (κ2) is 6.18. The fourth-order valence-electron chi connectivity index (χ4n) is 3.43. The highest BCUT2D eigenvalue weighted by molar-refractivity contribution is 6.05. The van der Waals surface area contributed by atoms with Crippen molar-refractivity contribution >= 4 is 22.5 Å². The van der Waals surface area contributed by atoms with Crippen LogP contribution in [0.2, 0.25) is 0 Å². The molecule has 5 nitrogen and oxygen atoms in total. The van der Waals surface area contributed by atoms with Gasteiger partial charge in [-0.25, -0.2) is 0 Å². The van der Waals surface area contributed by atoms with E-state index in [2.05, 4.69) is 10.3 Å². The summed E-state index contributed by atoms with van der Waals surface area (Å²) in [5, 5.41) is 3.64. The molecule has 0 saturated heterocycles. The van der Waals surface area contributed by atoms with E-state index in [1.54, 1.807) is 6.07 Å². The van der Waals surface area contributed by atoms with Gasteiger partial charge < -0.3 is 16.0 Å². The molecular weight excluding hydrogens is 314 g/mol. The van der Waals surface area contributed by atoms with E-state index in [9.17, 15) is 9.59 Å². The number of benzene rings is 2. The number of carbonyl (C=O) groups is 1. The number of pyridine rings is 1. The highest BCUT2D eigenvalue weighted by Crippen LogP contribution is 2.30. The molecule has 2 aromatic carbocycles. The first-order valence-electron chi connectivity index (χ1n) is 8.43. The lowest BCUT2D eigenvalue weighted by Crippen LogP contribution is -2.23. The molecule has 1 aromatic heterocycles. The number of hydrogen-bond acceptors (Lipinski definition) is 3. The predicted molar refractivity (Wildman–Crippen MR) is 98.8 cm³/mol. The van der Waals surface area contributed by atoms with Crippen molar-refractivity contribution in [2.75, 3.05) is 5.32 Å². The zero-order valence-corrected chi connectivity index (χ0v) is 13.7. The summed E-state index contributed by atoms with van der Waals surface area (Å²) < 4.78 is 0. The highest BCUT2D eigenvalue weighted by atomic mass is 16.2. The van der Waals surface area contributed by atoms with E-state index < -0.39 is 11.5 Å². The first-order valence-corrected chi connectivity index (χ1v) is 8.43. The number of anilines is 1. The number of para-hydroxylation sites is 1. The van der Waals surface area contributed by atoms with Crippen LogP contribution in [0, 0.1) is 0 Å². The maximum absolute atomic E-state index is 12.6. The maximum Gasteiger partial charge on any atom is 0.261 e. The minimum atomic E-state index is -0.420. The summed E-state index contributed by atoms with van der Waals surface area (Å²) in [6, 6.07) is 14.8. The minimum Gasteiger partial charge on any atom is -0.324 e. The van der Waals surface area contributed by atoms with Crippen molar-refractivity contribution in [3.8, 4) is 0 Å². The van der Waals surface area contributed by atoms with Gasteiger partial charge in [0.15, 0.2) is 0 Å². The summed E-state index contributed by atoms with van der Waals surface area (Å²) in [6.07, 6.45) is 3.06. The second-order valence-corrected chi connectivity index (χ2v) is 6.47. The lowest BCUT2D eigenvalue weighted by molar-refractivity contribution is 0.102. The van der Waals surface area contributed by atoms with Crippen molar-refractivity contribution in [1.82, 2.24) is 4.98 Å². The average Bonchev–Trinajstić information content (AvgIpc) is 2.62. The van der Waals surface area contributed by atoms with E-state index in [1.807, 2.05) is 42.5 Å². The third-order valence-electron chi connectivity index (χ3n) is 4.76. The Morgan fingerprint density at radius 3 is 2.88 bits per heavy atom. The van der Waals surface area contributed by atoms with Gasteiger partial charge in [0.1, 0.15) is 5.56 Å². The van der Waals surface area contributed by atoms with Gasteiger partial charge in [-0.05, 0) is 60.0 Å². The topological polar surface area (TPSA) is 88.0 Å².